The second kappa shape index (κ2) is 5.53. The molecule has 16 heavy (non-hydrogen) atoms. The summed E-state index contributed by atoms with van der Waals surface area (Å²) in [5.41, 5.74) is -0.0786. The molecule has 0 aliphatic carbocycles. The molecular weight excluding hydrogens is 199 g/mol. The number of nitrogens with one attached hydrogen (secondary N) is 1. The lowest BCUT2D eigenvalue weighted by atomic mass is 9.81. The monoisotopic (exact) mass is 222 g/mol. The molecule has 1 unspecified atom stereocenters. The maximum absolute atomic E-state index is 11.3. The Labute approximate surface area is 99.7 Å². The number of amides is 1. The molecule has 4 heteroatoms. The highest BCUT2D eigenvalue weighted by Crippen LogP contribution is 2.30. The molecule has 1 saturated heterocycles. The number of nitrogens with zero attached hydrogens (tertiary/aromatic N) is 1. The highest BCUT2D eigenvalue weighted by atomic mass is 16.1. The molecule has 0 aromatic heterocycles. The third kappa shape index (κ3) is 3.37. The quantitative estimate of drug-likeness (QED) is 0.549. The van der Waals surface area contributed by atoms with Crippen molar-refractivity contribution < 1.29 is 4.79 Å². The van der Waals surface area contributed by atoms with Crippen LogP contribution in [0.15, 0.2) is 12.7 Å². The molecule has 1 aliphatic heterocycles. The third-order valence-corrected chi connectivity index (χ3v) is 3.62. The van der Waals surface area contributed by atoms with Gasteiger partial charge in [-0.2, -0.15) is 0 Å². The van der Waals surface area contributed by atoms with Crippen LogP contribution >= 0.6 is 0 Å². The van der Waals surface area contributed by atoms with E-state index < -0.39 is 0 Å². The zero-order chi connectivity index (χ0) is 12.2. The van der Waals surface area contributed by atoms with E-state index in [0.29, 0.717) is 5.92 Å². The van der Waals surface area contributed by atoms with Crippen LogP contribution in [0.5, 0.6) is 0 Å². The van der Waals surface area contributed by atoms with Crippen molar-refractivity contribution in [1.82, 2.24) is 10.1 Å². The fourth-order valence-electron chi connectivity index (χ4n) is 2.63. The molecule has 1 aliphatic rings. The lowest BCUT2D eigenvalue weighted by molar-refractivity contribution is -0.121. The number of hydrogen-bond acceptors (Lipinski definition) is 2. The molecule has 1 amide bonds. The van der Waals surface area contributed by atoms with Crippen molar-refractivity contribution in [2.75, 3.05) is 13.1 Å². The topological polar surface area (TPSA) is 32.3 Å². The number of carbonyl (C=O) groups excluding carboxylic acids is 1. The van der Waals surface area contributed by atoms with Gasteiger partial charge in [-0.3, -0.25) is 4.79 Å². The van der Waals surface area contributed by atoms with Crippen LogP contribution < -0.4 is 5.32 Å². The first kappa shape index (κ1) is 13.3. The Morgan fingerprint density at radius 3 is 2.88 bits per heavy atom. The summed E-state index contributed by atoms with van der Waals surface area (Å²) in [5.74, 6) is 0.627. The van der Waals surface area contributed by atoms with E-state index >= 15 is 0 Å². The number of carbonyl (C=O) groups is 1. The molecule has 1 fully saturated rings. The first-order valence-electron chi connectivity index (χ1n) is 6.06. The Hall–Kier alpha value is -0.765. The Morgan fingerprint density at radius 1 is 1.75 bits per heavy atom. The van der Waals surface area contributed by atoms with Gasteiger partial charge < -0.3 is 10.1 Å². The zero-order valence-corrected chi connectivity index (χ0v) is 10.8. The molecule has 1 rings (SSSR count). The second-order valence-corrected chi connectivity index (χ2v) is 5.17. The zero-order valence-electron chi connectivity index (χ0n) is 10.8. The molecule has 0 aromatic rings. The van der Waals surface area contributed by atoms with Crippen molar-refractivity contribution in [2.45, 2.75) is 38.6 Å². The van der Waals surface area contributed by atoms with Crippen molar-refractivity contribution >= 4 is 13.9 Å². The van der Waals surface area contributed by atoms with E-state index in [-0.39, 0.29) is 11.4 Å². The van der Waals surface area contributed by atoms with E-state index in [1.54, 1.807) is 6.92 Å². The van der Waals surface area contributed by atoms with E-state index in [0.717, 1.165) is 25.9 Å². The van der Waals surface area contributed by atoms with Crippen LogP contribution in [0, 0.1) is 5.92 Å². The van der Waals surface area contributed by atoms with E-state index in [1.807, 2.05) is 6.08 Å². The highest BCUT2D eigenvalue weighted by Gasteiger charge is 2.37. The van der Waals surface area contributed by atoms with Gasteiger partial charge >= 0.3 is 0 Å². The second-order valence-electron chi connectivity index (χ2n) is 5.17. The van der Waals surface area contributed by atoms with E-state index in [2.05, 4.69) is 31.6 Å². The number of allylic oxidation sites excluding steroid dienone is 1. The normalized spacial score (nSPS) is 25.0. The van der Waals surface area contributed by atoms with E-state index in [1.165, 1.54) is 6.42 Å². The predicted octanol–water partition coefficient (Wildman–Crippen LogP) is 0.717. The Morgan fingerprint density at radius 2 is 2.44 bits per heavy atom. The summed E-state index contributed by atoms with van der Waals surface area (Å²) in [6.07, 6.45) is 5.04. The molecule has 0 spiro atoms. The van der Waals surface area contributed by atoms with Crippen molar-refractivity contribution in [3.8, 4) is 0 Å². The largest absolute Gasteiger partial charge is 0.351 e. The molecule has 0 radical (unpaired) electrons. The van der Waals surface area contributed by atoms with Gasteiger partial charge in [-0.15, -0.1) is 6.58 Å². The minimum absolute atomic E-state index is 0.0705. The summed E-state index contributed by atoms with van der Waals surface area (Å²) >= 11 is 0. The van der Waals surface area contributed by atoms with Gasteiger partial charge in [0.2, 0.25) is 5.91 Å². The molecule has 90 valence electrons. The fraction of sp³-hybridized carbons (Fsp3) is 0.750. The molecule has 1 N–H and O–H groups in total. The molecule has 2 atom stereocenters. The summed E-state index contributed by atoms with van der Waals surface area (Å²) in [5, 5.41) is 3.14. The summed E-state index contributed by atoms with van der Waals surface area (Å²) in [4.78, 5) is 13.6. The minimum Gasteiger partial charge on any atom is -0.351 e. The smallest absolute Gasteiger partial charge is 0.217 e. The van der Waals surface area contributed by atoms with Gasteiger partial charge in [0.25, 0.3) is 0 Å². The Kier molecular flexibility index (Phi) is 4.60. The van der Waals surface area contributed by atoms with Crippen LogP contribution in [-0.4, -0.2) is 37.3 Å². The number of rotatable bonds is 5. The average Bonchev–Trinajstić information content (AvgIpc) is 2.61. The predicted molar refractivity (Wildman–Crippen MR) is 69.9 cm³/mol. The third-order valence-electron chi connectivity index (χ3n) is 3.62. The van der Waals surface area contributed by atoms with Crippen LogP contribution in [0.3, 0.4) is 0 Å². The van der Waals surface area contributed by atoms with Gasteiger partial charge in [0.05, 0.1) is 0 Å². The lowest BCUT2D eigenvalue weighted by Gasteiger charge is -2.36. The summed E-state index contributed by atoms with van der Waals surface area (Å²) < 4.78 is 0. The Bertz CT molecular complexity index is 270. The highest BCUT2D eigenvalue weighted by molar-refractivity contribution is 6.04. The van der Waals surface area contributed by atoms with Crippen molar-refractivity contribution in [1.29, 1.82) is 0 Å². The fourth-order valence-corrected chi connectivity index (χ4v) is 2.63. The number of hydrogen-bond donors (Lipinski definition) is 1. The van der Waals surface area contributed by atoms with Crippen molar-refractivity contribution in [2.24, 2.45) is 5.92 Å². The first-order valence-corrected chi connectivity index (χ1v) is 6.06. The molecule has 0 bridgehead atoms. The molecule has 3 nitrogen and oxygen atoms in total. The SMILES string of the molecule is BN1CC[C@H](C(C)(CCC=C)NC(C)=O)C1. The van der Waals surface area contributed by atoms with Gasteiger partial charge in [-0.25, -0.2) is 0 Å². The average molecular weight is 222 g/mol. The van der Waals surface area contributed by atoms with Gasteiger partial charge in [-0.05, 0) is 45.2 Å². The first-order chi connectivity index (χ1) is 7.48. The maximum atomic E-state index is 11.3. The standard InChI is InChI=1S/C12H23BN2O/c1-4-5-7-12(3,14-10(2)16)11-6-8-15(13)9-11/h4,11H,1,5-9,13H2,2-3H3,(H,14,16)/t11-,12?/m0/s1. The summed E-state index contributed by atoms with van der Waals surface area (Å²) in [7, 11) is 2.14. The van der Waals surface area contributed by atoms with Crippen LogP contribution in [0.25, 0.3) is 0 Å². The van der Waals surface area contributed by atoms with Crippen LogP contribution in [0.2, 0.25) is 0 Å². The van der Waals surface area contributed by atoms with E-state index in [4.69, 9.17) is 0 Å². The Balaban J connectivity index is 2.68. The molecule has 0 saturated carbocycles. The molecule has 0 aromatic carbocycles. The lowest BCUT2D eigenvalue weighted by Crippen LogP contribution is -2.51. The van der Waals surface area contributed by atoms with Gasteiger partial charge in [0.1, 0.15) is 0 Å². The maximum Gasteiger partial charge on any atom is 0.217 e. The van der Waals surface area contributed by atoms with Gasteiger partial charge in [0, 0.05) is 12.5 Å². The van der Waals surface area contributed by atoms with Gasteiger partial charge in [0.15, 0.2) is 7.98 Å². The van der Waals surface area contributed by atoms with Crippen LogP contribution in [0.4, 0.5) is 0 Å². The molecule has 1 heterocycles. The minimum atomic E-state index is -0.0786. The van der Waals surface area contributed by atoms with Crippen molar-refractivity contribution in [3.63, 3.8) is 0 Å². The van der Waals surface area contributed by atoms with E-state index in [9.17, 15) is 4.79 Å². The van der Waals surface area contributed by atoms with Crippen molar-refractivity contribution in [3.05, 3.63) is 12.7 Å². The van der Waals surface area contributed by atoms with Gasteiger partial charge in [-0.1, -0.05) is 6.08 Å². The molecular formula is C12H23BN2O. The van der Waals surface area contributed by atoms with Crippen LogP contribution in [-0.2, 0) is 4.79 Å². The summed E-state index contributed by atoms with van der Waals surface area (Å²) in [6.45, 7) is 9.74. The summed E-state index contributed by atoms with van der Waals surface area (Å²) in [6, 6.07) is 0. The van der Waals surface area contributed by atoms with Crippen LogP contribution in [0.1, 0.15) is 33.1 Å².